The van der Waals surface area contributed by atoms with Crippen LogP contribution >= 0.6 is 0 Å². The minimum Gasteiger partial charge on any atom is -0.443 e. The van der Waals surface area contributed by atoms with E-state index in [1.54, 1.807) is 4.57 Å². The van der Waals surface area contributed by atoms with Gasteiger partial charge in [-0.3, -0.25) is 4.79 Å². The van der Waals surface area contributed by atoms with Gasteiger partial charge in [-0.2, -0.15) is 0 Å². The first-order chi connectivity index (χ1) is 20.8. The van der Waals surface area contributed by atoms with Crippen LogP contribution in [0.1, 0.15) is 62.0 Å². The highest BCUT2D eigenvalue weighted by Gasteiger charge is 2.54. The van der Waals surface area contributed by atoms with Gasteiger partial charge in [0.2, 0.25) is 0 Å². The van der Waals surface area contributed by atoms with Gasteiger partial charge in [0.15, 0.2) is 0 Å². The van der Waals surface area contributed by atoms with Crippen LogP contribution in [0.25, 0.3) is 10.9 Å². The molecule has 1 saturated heterocycles. The number of ether oxygens (including phenoxy) is 3. The Morgan fingerprint density at radius 1 is 0.884 bits per heavy atom. The van der Waals surface area contributed by atoms with Gasteiger partial charge >= 0.3 is 6.09 Å². The average molecular weight is 581 g/mol. The Labute approximate surface area is 253 Å². The summed E-state index contributed by atoms with van der Waals surface area (Å²) in [6.07, 6.45) is 0.500. The maximum absolute atomic E-state index is 14.2. The van der Waals surface area contributed by atoms with Crippen molar-refractivity contribution in [3.63, 3.8) is 0 Å². The average Bonchev–Trinajstić information content (AvgIpc) is 3.16. The van der Waals surface area contributed by atoms with Crippen molar-refractivity contribution in [2.45, 2.75) is 63.9 Å². The Balaban J connectivity index is 1.53. The number of nitrogens with one attached hydrogen (secondary N) is 1. The molecule has 0 saturated carbocycles. The monoisotopic (exact) mass is 580 g/mol. The number of rotatable bonds is 8. The molecule has 1 aliphatic heterocycles. The van der Waals surface area contributed by atoms with Gasteiger partial charge < -0.3 is 19.5 Å². The smallest absolute Gasteiger partial charge is 0.419 e. The summed E-state index contributed by atoms with van der Waals surface area (Å²) in [5, 5.41) is 4.56. The third-order valence-electron chi connectivity index (χ3n) is 8.54. The highest BCUT2D eigenvalue weighted by atomic mass is 16.6. The van der Waals surface area contributed by atoms with E-state index >= 15 is 0 Å². The Morgan fingerprint density at radius 2 is 1.47 bits per heavy atom. The summed E-state index contributed by atoms with van der Waals surface area (Å²) in [5.41, 5.74) is 2.93. The summed E-state index contributed by atoms with van der Waals surface area (Å²) in [5.74, 6) is -0.249. The molecule has 0 spiro atoms. The third-order valence-corrected chi connectivity index (χ3v) is 8.54. The van der Waals surface area contributed by atoms with E-state index in [1.165, 1.54) is 0 Å². The van der Waals surface area contributed by atoms with Crippen LogP contribution in [0.4, 0.5) is 4.79 Å². The van der Waals surface area contributed by atoms with E-state index in [4.69, 9.17) is 14.2 Å². The van der Waals surface area contributed by atoms with Crippen molar-refractivity contribution in [2.24, 2.45) is 5.92 Å². The Bertz CT molecular complexity index is 1540. The van der Waals surface area contributed by atoms with Crippen LogP contribution in [0.2, 0.25) is 0 Å². The normalized spacial score (nSPS) is 19.6. The van der Waals surface area contributed by atoms with E-state index < -0.39 is 23.0 Å². The standard InChI is InChI=1S/C36H40N2O5/c1-35(2,3)43-34(40)38-30-17-11-10-16-27(30)32-29-20-31(39)28(18-19-37-29)36(33(32)38,23-41-21-25-12-6-4-7-13-25)24-42-22-26-14-8-5-9-15-26/h4-17,28-29,37H,18-24H2,1-3H3. The van der Waals surface area contributed by atoms with Gasteiger partial charge in [-0.1, -0.05) is 78.9 Å². The molecule has 1 aliphatic carbocycles. The Morgan fingerprint density at radius 3 is 2.07 bits per heavy atom. The van der Waals surface area contributed by atoms with E-state index in [-0.39, 0.29) is 25.0 Å². The third kappa shape index (κ3) is 5.90. The maximum atomic E-state index is 14.2. The molecule has 7 heteroatoms. The number of ketones is 1. The van der Waals surface area contributed by atoms with E-state index in [0.717, 1.165) is 33.3 Å². The van der Waals surface area contributed by atoms with E-state index in [9.17, 15) is 9.59 Å². The fourth-order valence-electron chi connectivity index (χ4n) is 6.77. The molecule has 1 aromatic heterocycles. The summed E-state index contributed by atoms with van der Waals surface area (Å²) in [6, 6.07) is 27.7. The van der Waals surface area contributed by atoms with Crippen LogP contribution < -0.4 is 5.32 Å². The molecular weight excluding hydrogens is 540 g/mol. The van der Waals surface area contributed by atoms with Crippen LogP contribution in [-0.2, 0) is 37.6 Å². The molecule has 1 N–H and O–H groups in total. The molecule has 2 unspecified atom stereocenters. The number of carbonyl (C=O) groups is 2. The van der Waals surface area contributed by atoms with Gasteiger partial charge in [-0.05, 0) is 56.5 Å². The lowest BCUT2D eigenvalue weighted by Crippen LogP contribution is -2.50. The molecule has 6 rings (SSSR count). The molecule has 2 heterocycles. The van der Waals surface area contributed by atoms with Crippen LogP contribution in [0, 0.1) is 5.92 Å². The summed E-state index contributed by atoms with van der Waals surface area (Å²) in [7, 11) is 0. The quantitative estimate of drug-likeness (QED) is 0.249. The van der Waals surface area contributed by atoms with Crippen molar-refractivity contribution in [2.75, 3.05) is 19.8 Å². The highest BCUT2D eigenvalue weighted by Crippen LogP contribution is 2.50. The number of hydrogen-bond acceptors (Lipinski definition) is 6. The minimum absolute atomic E-state index is 0.164. The second-order valence-corrected chi connectivity index (χ2v) is 12.7. The van der Waals surface area contributed by atoms with Crippen molar-refractivity contribution in [3.8, 4) is 0 Å². The zero-order chi connectivity index (χ0) is 30.0. The van der Waals surface area contributed by atoms with E-state index in [2.05, 4.69) is 5.32 Å². The molecular formula is C36H40N2O5. The molecule has 4 aromatic rings. The second-order valence-electron chi connectivity index (χ2n) is 12.7. The zero-order valence-corrected chi connectivity index (χ0v) is 25.2. The molecule has 2 bridgehead atoms. The Kier molecular flexibility index (Phi) is 8.23. The molecule has 2 atom stereocenters. The van der Waals surface area contributed by atoms with Crippen molar-refractivity contribution >= 4 is 22.8 Å². The first-order valence-corrected chi connectivity index (χ1v) is 15.1. The van der Waals surface area contributed by atoms with Gasteiger partial charge in [0.25, 0.3) is 0 Å². The zero-order valence-electron chi connectivity index (χ0n) is 25.2. The second kappa shape index (κ2) is 12.1. The number of Topliss-reactive ketones (excluding diaryl/α,β-unsaturated/α-hetero) is 1. The highest BCUT2D eigenvalue weighted by molar-refractivity contribution is 5.97. The van der Waals surface area contributed by atoms with Gasteiger partial charge in [-0.25, -0.2) is 9.36 Å². The first kappa shape index (κ1) is 29.3. The van der Waals surface area contributed by atoms with Crippen LogP contribution in [0.15, 0.2) is 84.9 Å². The fourth-order valence-corrected chi connectivity index (χ4v) is 6.77. The van der Waals surface area contributed by atoms with Crippen molar-refractivity contribution < 1.29 is 23.8 Å². The van der Waals surface area contributed by atoms with Crippen LogP contribution in [-0.4, -0.2) is 41.8 Å². The number of para-hydroxylation sites is 1. The van der Waals surface area contributed by atoms with Gasteiger partial charge in [0, 0.05) is 29.5 Å². The van der Waals surface area contributed by atoms with Crippen LogP contribution in [0.5, 0.6) is 0 Å². The maximum Gasteiger partial charge on any atom is 0.419 e. The number of hydrogen-bond donors (Lipinski definition) is 1. The summed E-state index contributed by atoms with van der Waals surface area (Å²) in [6.45, 7) is 7.48. The fraction of sp³-hybridized carbons (Fsp3) is 0.389. The number of carbonyl (C=O) groups excluding carboxylic acids is 2. The van der Waals surface area contributed by atoms with Crippen molar-refractivity contribution in [3.05, 3.63) is 107 Å². The lowest BCUT2D eigenvalue weighted by Gasteiger charge is -2.41. The van der Waals surface area contributed by atoms with Gasteiger partial charge in [0.1, 0.15) is 11.4 Å². The summed E-state index contributed by atoms with van der Waals surface area (Å²) < 4.78 is 20.8. The largest absolute Gasteiger partial charge is 0.443 e. The molecule has 7 nitrogen and oxygen atoms in total. The number of benzene rings is 3. The predicted molar refractivity (Wildman–Crippen MR) is 166 cm³/mol. The summed E-state index contributed by atoms with van der Waals surface area (Å²) in [4.78, 5) is 28.3. The number of nitrogens with zero attached hydrogens (tertiary/aromatic N) is 1. The molecule has 1 fully saturated rings. The minimum atomic E-state index is -0.928. The molecule has 3 aromatic carbocycles. The van der Waals surface area contributed by atoms with E-state index in [1.807, 2.05) is 106 Å². The number of fused-ring (bicyclic) bond motifs is 7. The van der Waals surface area contributed by atoms with Crippen LogP contribution in [0.3, 0.4) is 0 Å². The molecule has 43 heavy (non-hydrogen) atoms. The van der Waals surface area contributed by atoms with Crippen molar-refractivity contribution in [1.29, 1.82) is 0 Å². The molecule has 0 radical (unpaired) electrons. The molecule has 0 amide bonds. The van der Waals surface area contributed by atoms with Gasteiger partial charge in [-0.15, -0.1) is 0 Å². The first-order valence-electron chi connectivity index (χ1n) is 15.1. The predicted octanol–water partition coefficient (Wildman–Crippen LogP) is 6.72. The lowest BCUT2D eigenvalue weighted by atomic mass is 9.70. The van der Waals surface area contributed by atoms with Gasteiger partial charge in [0.05, 0.1) is 37.4 Å². The Hall–Kier alpha value is -3.78. The van der Waals surface area contributed by atoms with Crippen molar-refractivity contribution in [1.82, 2.24) is 9.88 Å². The molecule has 224 valence electrons. The lowest BCUT2D eigenvalue weighted by molar-refractivity contribution is -0.128. The number of aromatic nitrogens is 1. The topological polar surface area (TPSA) is 78.8 Å². The van der Waals surface area contributed by atoms with E-state index in [0.29, 0.717) is 32.6 Å². The molecule has 2 aliphatic rings. The SMILES string of the molecule is CC(C)(C)OC(=O)n1c2c(c3ccccc31)C1CC(=O)C(CCN1)C2(COCc1ccccc1)COCc1ccccc1. The summed E-state index contributed by atoms with van der Waals surface area (Å²) >= 11 is 0.